The van der Waals surface area contributed by atoms with Crippen molar-refractivity contribution < 1.29 is 4.79 Å². The number of carbonyl (C=O) groups excluding carboxylic acids is 1. The summed E-state index contributed by atoms with van der Waals surface area (Å²) in [4.78, 5) is 10.6. The van der Waals surface area contributed by atoms with Crippen LogP contribution in [-0.2, 0) is 0 Å². The predicted octanol–water partition coefficient (Wildman–Crippen LogP) is 1.22. The van der Waals surface area contributed by atoms with Gasteiger partial charge in [0, 0.05) is 30.2 Å². The molecule has 1 aromatic carbocycles. The van der Waals surface area contributed by atoms with E-state index in [0.29, 0.717) is 11.3 Å². The lowest BCUT2D eigenvalue weighted by molar-refractivity contribution is 0.259. The number of benzene rings is 1. The van der Waals surface area contributed by atoms with Gasteiger partial charge in [-0.2, -0.15) is 0 Å². The SMILES string of the molecule is CNc1ccc(NC(N)=O)cc1C=N. The van der Waals surface area contributed by atoms with E-state index in [1.165, 1.54) is 6.21 Å². The molecule has 0 saturated heterocycles. The number of carbonyl (C=O) groups is 1. The number of primary amides is 1. The first-order chi connectivity index (χ1) is 6.67. The number of nitrogens with two attached hydrogens (primary N) is 1. The van der Waals surface area contributed by atoms with Crippen molar-refractivity contribution in [3.63, 3.8) is 0 Å². The van der Waals surface area contributed by atoms with Crippen LogP contribution in [0.25, 0.3) is 0 Å². The molecule has 0 unspecified atom stereocenters. The van der Waals surface area contributed by atoms with Gasteiger partial charge in [-0.05, 0) is 18.2 Å². The highest BCUT2D eigenvalue weighted by atomic mass is 16.2. The van der Waals surface area contributed by atoms with Crippen molar-refractivity contribution in [3.05, 3.63) is 23.8 Å². The van der Waals surface area contributed by atoms with Crippen LogP contribution in [0.1, 0.15) is 5.56 Å². The molecule has 0 aliphatic rings. The van der Waals surface area contributed by atoms with Crippen molar-refractivity contribution in [2.45, 2.75) is 0 Å². The average molecular weight is 192 g/mol. The van der Waals surface area contributed by atoms with E-state index in [4.69, 9.17) is 11.1 Å². The third-order valence-electron chi connectivity index (χ3n) is 1.74. The molecule has 0 bridgehead atoms. The van der Waals surface area contributed by atoms with Gasteiger partial charge < -0.3 is 21.8 Å². The second-order valence-corrected chi connectivity index (χ2v) is 2.69. The topological polar surface area (TPSA) is 91.0 Å². The monoisotopic (exact) mass is 192 g/mol. The van der Waals surface area contributed by atoms with Crippen LogP contribution in [-0.4, -0.2) is 19.3 Å². The van der Waals surface area contributed by atoms with Gasteiger partial charge in [-0.1, -0.05) is 0 Å². The van der Waals surface area contributed by atoms with Crippen LogP contribution in [0.2, 0.25) is 0 Å². The molecular formula is C9H12N4O. The quantitative estimate of drug-likeness (QED) is 0.542. The number of anilines is 2. The summed E-state index contributed by atoms with van der Waals surface area (Å²) in [6.45, 7) is 0. The molecule has 0 heterocycles. The molecule has 0 aliphatic carbocycles. The molecule has 0 aliphatic heterocycles. The Labute approximate surface area is 81.8 Å². The Morgan fingerprint density at radius 1 is 1.57 bits per heavy atom. The Morgan fingerprint density at radius 3 is 2.79 bits per heavy atom. The summed E-state index contributed by atoms with van der Waals surface area (Å²) in [7, 11) is 1.77. The zero-order chi connectivity index (χ0) is 10.6. The fourth-order valence-corrected chi connectivity index (χ4v) is 1.13. The third kappa shape index (κ3) is 2.22. The highest BCUT2D eigenvalue weighted by Crippen LogP contribution is 2.18. The molecule has 5 heteroatoms. The molecule has 74 valence electrons. The molecule has 2 amide bonds. The van der Waals surface area contributed by atoms with Crippen LogP contribution in [0.3, 0.4) is 0 Å². The van der Waals surface area contributed by atoms with Gasteiger partial charge in [-0.3, -0.25) is 0 Å². The molecule has 5 nitrogen and oxygen atoms in total. The Hall–Kier alpha value is -2.04. The van der Waals surface area contributed by atoms with Gasteiger partial charge in [0.1, 0.15) is 0 Å². The van der Waals surface area contributed by atoms with Crippen molar-refractivity contribution in [1.82, 2.24) is 0 Å². The fraction of sp³-hybridized carbons (Fsp3) is 0.111. The smallest absolute Gasteiger partial charge is 0.316 e. The number of nitrogens with one attached hydrogen (secondary N) is 3. The molecule has 0 fully saturated rings. The van der Waals surface area contributed by atoms with E-state index in [9.17, 15) is 4.79 Å². The van der Waals surface area contributed by atoms with Crippen molar-refractivity contribution in [2.75, 3.05) is 17.7 Å². The Balaban J connectivity index is 3.01. The van der Waals surface area contributed by atoms with Crippen LogP contribution in [0.15, 0.2) is 18.2 Å². The van der Waals surface area contributed by atoms with E-state index in [1.807, 2.05) is 0 Å². The molecule has 0 saturated carbocycles. The summed E-state index contributed by atoms with van der Waals surface area (Å²) in [5.74, 6) is 0. The van der Waals surface area contributed by atoms with Gasteiger partial charge in [0.25, 0.3) is 0 Å². The Bertz CT molecular complexity index is 362. The standard InChI is InChI=1S/C9H12N4O/c1-12-8-3-2-7(13-9(11)14)4-6(8)5-10/h2-5,10,12H,1H3,(H3,11,13,14). The highest BCUT2D eigenvalue weighted by molar-refractivity contribution is 5.92. The van der Waals surface area contributed by atoms with E-state index < -0.39 is 6.03 Å². The second kappa shape index (κ2) is 4.27. The average Bonchev–Trinajstić information content (AvgIpc) is 2.16. The zero-order valence-corrected chi connectivity index (χ0v) is 7.79. The number of hydrogen-bond donors (Lipinski definition) is 4. The van der Waals surface area contributed by atoms with Gasteiger partial charge >= 0.3 is 6.03 Å². The largest absolute Gasteiger partial charge is 0.388 e. The number of urea groups is 1. The maximum Gasteiger partial charge on any atom is 0.316 e. The van der Waals surface area contributed by atoms with Crippen LogP contribution < -0.4 is 16.4 Å². The summed E-state index contributed by atoms with van der Waals surface area (Å²) >= 11 is 0. The van der Waals surface area contributed by atoms with E-state index >= 15 is 0 Å². The van der Waals surface area contributed by atoms with Gasteiger partial charge in [0.05, 0.1) is 0 Å². The van der Waals surface area contributed by atoms with E-state index in [1.54, 1.807) is 25.2 Å². The first-order valence-corrected chi connectivity index (χ1v) is 4.06. The minimum Gasteiger partial charge on any atom is -0.388 e. The summed E-state index contributed by atoms with van der Waals surface area (Å²) in [5.41, 5.74) is 7.06. The number of hydrogen-bond acceptors (Lipinski definition) is 3. The molecule has 1 rings (SSSR count). The number of amides is 2. The van der Waals surface area contributed by atoms with Crippen molar-refractivity contribution >= 4 is 23.6 Å². The first-order valence-electron chi connectivity index (χ1n) is 4.06. The van der Waals surface area contributed by atoms with Gasteiger partial charge in [0.2, 0.25) is 0 Å². The maximum absolute atomic E-state index is 10.6. The lowest BCUT2D eigenvalue weighted by atomic mass is 10.1. The predicted molar refractivity (Wildman–Crippen MR) is 57.1 cm³/mol. The number of rotatable bonds is 3. The van der Waals surface area contributed by atoms with Gasteiger partial charge in [-0.25, -0.2) is 4.79 Å². The molecule has 0 radical (unpaired) electrons. The lowest BCUT2D eigenvalue weighted by Gasteiger charge is -2.07. The highest BCUT2D eigenvalue weighted by Gasteiger charge is 2.01. The third-order valence-corrected chi connectivity index (χ3v) is 1.74. The van der Waals surface area contributed by atoms with Crippen LogP contribution in [0.4, 0.5) is 16.2 Å². The van der Waals surface area contributed by atoms with E-state index in [-0.39, 0.29) is 0 Å². The molecule has 5 N–H and O–H groups in total. The minimum atomic E-state index is -0.613. The molecular weight excluding hydrogens is 180 g/mol. The second-order valence-electron chi connectivity index (χ2n) is 2.69. The summed E-state index contributed by atoms with van der Waals surface area (Å²) in [5, 5.41) is 12.5. The Morgan fingerprint density at radius 2 is 2.29 bits per heavy atom. The molecule has 14 heavy (non-hydrogen) atoms. The van der Waals surface area contributed by atoms with Crippen molar-refractivity contribution in [3.8, 4) is 0 Å². The van der Waals surface area contributed by atoms with Crippen LogP contribution in [0, 0.1) is 5.41 Å². The lowest BCUT2D eigenvalue weighted by Crippen LogP contribution is -2.19. The molecule has 0 spiro atoms. The maximum atomic E-state index is 10.6. The van der Waals surface area contributed by atoms with Crippen molar-refractivity contribution in [2.24, 2.45) is 5.73 Å². The molecule has 0 atom stereocenters. The summed E-state index contributed by atoms with van der Waals surface area (Å²) in [6.07, 6.45) is 1.21. The van der Waals surface area contributed by atoms with E-state index in [2.05, 4.69) is 10.6 Å². The van der Waals surface area contributed by atoms with Gasteiger partial charge in [0.15, 0.2) is 0 Å². The van der Waals surface area contributed by atoms with E-state index in [0.717, 1.165) is 5.69 Å². The molecule has 0 aromatic heterocycles. The zero-order valence-electron chi connectivity index (χ0n) is 7.79. The van der Waals surface area contributed by atoms with Crippen LogP contribution in [0.5, 0.6) is 0 Å². The molecule has 1 aromatic rings. The van der Waals surface area contributed by atoms with Crippen molar-refractivity contribution in [1.29, 1.82) is 5.41 Å². The Kier molecular flexibility index (Phi) is 3.06. The van der Waals surface area contributed by atoms with Crippen LogP contribution >= 0.6 is 0 Å². The van der Waals surface area contributed by atoms with Gasteiger partial charge in [-0.15, -0.1) is 0 Å². The summed E-state index contributed by atoms with van der Waals surface area (Å²) in [6, 6.07) is 4.54. The minimum absolute atomic E-state index is 0.579. The fourth-order valence-electron chi connectivity index (χ4n) is 1.13. The summed E-state index contributed by atoms with van der Waals surface area (Å²) < 4.78 is 0. The first kappa shape index (κ1) is 10.0. The normalized spacial score (nSPS) is 9.21.